The van der Waals surface area contributed by atoms with Gasteiger partial charge in [0.05, 0.1) is 21.2 Å². The normalized spacial score (nSPS) is 11.0. The van der Waals surface area contributed by atoms with Crippen LogP contribution >= 0.6 is 22.9 Å². The summed E-state index contributed by atoms with van der Waals surface area (Å²) in [7, 11) is 0. The lowest BCUT2D eigenvalue weighted by molar-refractivity contribution is -0.382. The molecule has 0 unspecified atom stereocenters. The molecule has 0 bridgehead atoms. The number of hydrogen-bond donors (Lipinski definition) is 1. The lowest BCUT2D eigenvalue weighted by Gasteiger charge is -2.08. The summed E-state index contributed by atoms with van der Waals surface area (Å²) >= 11 is 7.36. The highest BCUT2D eigenvalue weighted by Crippen LogP contribution is 2.40. The fourth-order valence-electron chi connectivity index (χ4n) is 2.91. The first kappa shape index (κ1) is 17.4. The van der Waals surface area contributed by atoms with Crippen LogP contribution in [0.2, 0.25) is 5.02 Å². The number of hydrogen-bond acceptors (Lipinski definition) is 5. The second-order valence-electron chi connectivity index (χ2n) is 5.94. The van der Waals surface area contributed by atoms with Crippen LogP contribution in [0.25, 0.3) is 21.0 Å². The minimum atomic E-state index is -0.477. The van der Waals surface area contributed by atoms with Gasteiger partial charge >= 0.3 is 0 Å². The minimum absolute atomic E-state index is 0.0664. The third-order valence-electron chi connectivity index (χ3n) is 4.16. The number of aryl methyl sites for hydroxylation is 1. The third-order valence-corrected chi connectivity index (χ3v) is 5.89. The maximum Gasteiger partial charge on any atom is 0.287 e. The first-order chi connectivity index (χ1) is 13.0. The van der Waals surface area contributed by atoms with E-state index >= 15 is 0 Å². The molecule has 4 rings (SSSR count). The van der Waals surface area contributed by atoms with Crippen molar-refractivity contribution >= 4 is 61.2 Å². The summed E-state index contributed by atoms with van der Waals surface area (Å²) in [6.45, 7) is 1.90. The van der Waals surface area contributed by atoms with Gasteiger partial charge in [-0.25, -0.2) is 0 Å². The van der Waals surface area contributed by atoms with E-state index in [1.165, 1.54) is 6.07 Å². The van der Waals surface area contributed by atoms with Crippen LogP contribution in [-0.2, 0) is 0 Å². The molecule has 0 aliphatic rings. The monoisotopic (exact) mass is 397 g/mol. The maximum absolute atomic E-state index is 12.8. The number of nitrogens with zero attached hydrogens (tertiary/aromatic N) is 2. The number of halogens is 1. The summed E-state index contributed by atoms with van der Waals surface area (Å²) in [5.74, 6) is -0.413. The van der Waals surface area contributed by atoms with Gasteiger partial charge in [0, 0.05) is 22.5 Å². The molecule has 0 saturated heterocycles. The summed E-state index contributed by atoms with van der Waals surface area (Å²) < 4.78 is 0.382. The quantitative estimate of drug-likeness (QED) is 0.361. The van der Waals surface area contributed by atoms with Gasteiger partial charge in [-0.1, -0.05) is 29.8 Å². The van der Waals surface area contributed by atoms with E-state index in [9.17, 15) is 14.9 Å². The smallest absolute Gasteiger partial charge is 0.287 e. The molecule has 2 aromatic heterocycles. The standard InChI is InChI=1S/C19H12ClN3O3S/c1-10-8-9-11-13(21-10)5-3-6-14(11)22-19(24)18-16(20)12-4-2-7-15(23(25)26)17(12)27-18/h2-9H,1H3,(H,22,24). The second-order valence-corrected chi connectivity index (χ2v) is 7.33. The summed E-state index contributed by atoms with van der Waals surface area (Å²) in [5, 5.41) is 15.6. The van der Waals surface area contributed by atoms with Gasteiger partial charge in [0.1, 0.15) is 9.58 Å². The number of carbonyl (C=O) groups excluding carboxylic acids is 1. The number of thiophene rings is 1. The molecule has 134 valence electrons. The Balaban J connectivity index is 1.77. The fourth-order valence-corrected chi connectivity index (χ4v) is 4.40. The number of amides is 1. The van der Waals surface area contributed by atoms with E-state index in [0.29, 0.717) is 15.8 Å². The van der Waals surface area contributed by atoms with Gasteiger partial charge in [-0.15, -0.1) is 11.3 Å². The van der Waals surface area contributed by atoms with Crippen LogP contribution < -0.4 is 5.32 Å². The molecule has 1 N–H and O–H groups in total. The van der Waals surface area contributed by atoms with Crippen molar-refractivity contribution in [2.45, 2.75) is 6.92 Å². The van der Waals surface area contributed by atoms with Crippen molar-refractivity contribution in [3.63, 3.8) is 0 Å². The Morgan fingerprint density at radius 2 is 1.93 bits per heavy atom. The second kappa shape index (κ2) is 6.61. The maximum atomic E-state index is 12.8. The highest BCUT2D eigenvalue weighted by Gasteiger charge is 2.23. The van der Waals surface area contributed by atoms with E-state index in [0.717, 1.165) is 27.9 Å². The van der Waals surface area contributed by atoms with Crippen LogP contribution in [-0.4, -0.2) is 15.8 Å². The highest BCUT2D eigenvalue weighted by atomic mass is 35.5. The SMILES string of the molecule is Cc1ccc2c(NC(=O)c3sc4c([N+](=O)[O-])cccc4c3Cl)cccc2n1. The molecule has 2 aromatic carbocycles. The van der Waals surface area contributed by atoms with Crippen LogP contribution in [0.15, 0.2) is 48.5 Å². The Kier molecular flexibility index (Phi) is 4.25. The van der Waals surface area contributed by atoms with Gasteiger partial charge in [-0.2, -0.15) is 0 Å². The molecule has 4 aromatic rings. The average molecular weight is 398 g/mol. The summed E-state index contributed by atoms with van der Waals surface area (Å²) in [6.07, 6.45) is 0. The topological polar surface area (TPSA) is 85.1 Å². The van der Waals surface area contributed by atoms with E-state index < -0.39 is 10.8 Å². The minimum Gasteiger partial charge on any atom is -0.321 e. The predicted octanol–water partition coefficient (Wildman–Crippen LogP) is 5.57. The Labute approximate surface area is 162 Å². The number of benzene rings is 2. The number of rotatable bonds is 3. The van der Waals surface area contributed by atoms with Gasteiger partial charge in [0.2, 0.25) is 0 Å². The number of nitrogens with one attached hydrogen (secondary N) is 1. The number of fused-ring (bicyclic) bond motifs is 2. The third kappa shape index (κ3) is 3.01. The number of pyridine rings is 1. The van der Waals surface area contributed by atoms with E-state index in [4.69, 9.17) is 11.6 Å². The molecule has 8 heteroatoms. The molecule has 0 aliphatic heterocycles. The van der Waals surface area contributed by atoms with Crippen molar-refractivity contribution in [2.24, 2.45) is 0 Å². The van der Waals surface area contributed by atoms with E-state index in [2.05, 4.69) is 10.3 Å². The lowest BCUT2D eigenvalue weighted by atomic mass is 10.1. The van der Waals surface area contributed by atoms with Gasteiger partial charge in [0.15, 0.2) is 0 Å². The number of non-ortho nitro benzene ring substituents is 1. The number of aromatic nitrogens is 1. The predicted molar refractivity (Wildman–Crippen MR) is 108 cm³/mol. The van der Waals surface area contributed by atoms with Crippen LogP contribution in [0, 0.1) is 17.0 Å². The summed E-state index contributed by atoms with van der Waals surface area (Å²) in [6, 6.07) is 13.8. The molecule has 0 spiro atoms. The summed E-state index contributed by atoms with van der Waals surface area (Å²) in [4.78, 5) is 28.3. The fraction of sp³-hybridized carbons (Fsp3) is 0.0526. The molecule has 0 aliphatic carbocycles. The number of anilines is 1. The van der Waals surface area contributed by atoms with Gasteiger partial charge in [-0.05, 0) is 31.2 Å². The number of nitro benzene ring substituents is 1. The van der Waals surface area contributed by atoms with Crippen molar-refractivity contribution in [1.82, 2.24) is 4.98 Å². The molecule has 1 amide bonds. The summed E-state index contributed by atoms with van der Waals surface area (Å²) in [5.41, 5.74) is 2.19. The zero-order valence-corrected chi connectivity index (χ0v) is 15.6. The molecule has 0 saturated carbocycles. The van der Waals surface area contributed by atoms with Crippen molar-refractivity contribution in [3.8, 4) is 0 Å². The zero-order chi connectivity index (χ0) is 19.1. The Bertz CT molecular complexity index is 1240. The van der Waals surface area contributed by atoms with E-state index in [-0.39, 0.29) is 15.6 Å². The van der Waals surface area contributed by atoms with E-state index in [1.807, 2.05) is 31.2 Å². The van der Waals surface area contributed by atoms with Crippen molar-refractivity contribution in [2.75, 3.05) is 5.32 Å². The number of nitro groups is 1. The lowest BCUT2D eigenvalue weighted by Crippen LogP contribution is -2.11. The Hall–Kier alpha value is -3.03. The van der Waals surface area contributed by atoms with Gasteiger partial charge < -0.3 is 5.32 Å². The molecular weight excluding hydrogens is 386 g/mol. The highest BCUT2D eigenvalue weighted by molar-refractivity contribution is 7.22. The van der Waals surface area contributed by atoms with Crippen LogP contribution in [0.4, 0.5) is 11.4 Å². The molecule has 6 nitrogen and oxygen atoms in total. The van der Waals surface area contributed by atoms with Crippen molar-refractivity contribution in [3.05, 3.63) is 74.2 Å². The molecular formula is C19H12ClN3O3S. The molecule has 27 heavy (non-hydrogen) atoms. The first-order valence-corrected chi connectivity index (χ1v) is 9.18. The molecule has 0 atom stereocenters. The van der Waals surface area contributed by atoms with Crippen molar-refractivity contribution < 1.29 is 9.72 Å². The van der Waals surface area contributed by atoms with Crippen LogP contribution in [0.1, 0.15) is 15.4 Å². The van der Waals surface area contributed by atoms with Crippen LogP contribution in [0.5, 0.6) is 0 Å². The van der Waals surface area contributed by atoms with E-state index in [1.54, 1.807) is 18.2 Å². The molecule has 2 heterocycles. The van der Waals surface area contributed by atoms with Crippen molar-refractivity contribution in [1.29, 1.82) is 0 Å². The average Bonchev–Trinajstić information content (AvgIpc) is 2.98. The van der Waals surface area contributed by atoms with Crippen LogP contribution in [0.3, 0.4) is 0 Å². The van der Waals surface area contributed by atoms with Gasteiger partial charge in [-0.3, -0.25) is 19.9 Å². The molecule has 0 fully saturated rings. The number of carbonyl (C=O) groups is 1. The molecule has 0 radical (unpaired) electrons. The Morgan fingerprint density at radius 1 is 1.15 bits per heavy atom. The first-order valence-electron chi connectivity index (χ1n) is 7.99. The zero-order valence-electron chi connectivity index (χ0n) is 14.0. The van der Waals surface area contributed by atoms with Gasteiger partial charge in [0.25, 0.3) is 11.6 Å². The Morgan fingerprint density at radius 3 is 2.70 bits per heavy atom. The largest absolute Gasteiger partial charge is 0.321 e.